The number of nitrogens with one attached hydrogen (secondary N) is 1. The van der Waals surface area contributed by atoms with Crippen molar-refractivity contribution in [2.45, 2.75) is 19.9 Å². The van der Waals surface area contributed by atoms with Crippen molar-refractivity contribution in [2.24, 2.45) is 5.92 Å². The van der Waals surface area contributed by atoms with E-state index >= 15 is 0 Å². The summed E-state index contributed by atoms with van der Waals surface area (Å²) in [7, 11) is 4.19. The molecule has 2 aromatic rings. The van der Waals surface area contributed by atoms with Gasteiger partial charge < -0.3 is 16.0 Å². The smallest absolute Gasteiger partial charge is 0.0953 e. The van der Waals surface area contributed by atoms with Crippen LogP contribution in [0.3, 0.4) is 0 Å². The van der Waals surface area contributed by atoms with Crippen molar-refractivity contribution < 1.29 is 0 Å². The molecule has 0 bridgehead atoms. The van der Waals surface area contributed by atoms with Crippen molar-refractivity contribution in [3.63, 3.8) is 0 Å². The van der Waals surface area contributed by atoms with Gasteiger partial charge in [0.1, 0.15) is 0 Å². The highest BCUT2D eigenvalue weighted by Crippen LogP contribution is 2.27. The number of aromatic nitrogens is 1. The summed E-state index contributed by atoms with van der Waals surface area (Å²) in [6.07, 6.45) is 1.81. The molecule has 1 atom stereocenters. The topological polar surface area (TPSA) is 54.2 Å². The van der Waals surface area contributed by atoms with E-state index in [1.165, 1.54) is 0 Å². The van der Waals surface area contributed by atoms with Crippen LogP contribution in [-0.4, -0.2) is 36.6 Å². The van der Waals surface area contributed by atoms with E-state index in [0.717, 1.165) is 28.8 Å². The SMILES string of the molecule is CC(C)C(CN(C)C)Nc1ccc(N)c2cccnc12. The van der Waals surface area contributed by atoms with Crippen molar-refractivity contribution in [1.29, 1.82) is 0 Å². The molecule has 1 aromatic heterocycles. The second kappa shape index (κ2) is 6.09. The molecule has 0 saturated heterocycles. The Morgan fingerprint density at radius 1 is 1.25 bits per heavy atom. The average molecular weight is 272 g/mol. The van der Waals surface area contributed by atoms with E-state index in [2.05, 4.69) is 43.1 Å². The molecule has 0 fully saturated rings. The number of nitrogens with two attached hydrogens (primary N) is 1. The van der Waals surface area contributed by atoms with Crippen LogP contribution in [0.5, 0.6) is 0 Å². The van der Waals surface area contributed by atoms with E-state index in [-0.39, 0.29) is 0 Å². The molecule has 2 rings (SSSR count). The van der Waals surface area contributed by atoms with Crippen molar-refractivity contribution in [2.75, 3.05) is 31.7 Å². The van der Waals surface area contributed by atoms with Gasteiger partial charge in [0.05, 0.1) is 11.2 Å². The first-order valence-corrected chi connectivity index (χ1v) is 7.03. The number of nitrogens with zero attached hydrogens (tertiary/aromatic N) is 2. The monoisotopic (exact) mass is 272 g/mol. The van der Waals surface area contributed by atoms with Crippen LogP contribution >= 0.6 is 0 Å². The lowest BCUT2D eigenvalue weighted by molar-refractivity contribution is 0.345. The molecule has 0 aliphatic rings. The maximum Gasteiger partial charge on any atom is 0.0953 e. The lowest BCUT2D eigenvalue weighted by atomic mass is 10.0. The normalized spacial score (nSPS) is 13.1. The van der Waals surface area contributed by atoms with Gasteiger partial charge in [-0.25, -0.2) is 0 Å². The molecule has 1 unspecified atom stereocenters. The minimum atomic E-state index is 0.374. The fourth-order valence-electron chi connectivity index (χ4n) is 2.33. The summed E-state index contributed by atoms with van der Waals surface area (Å²) in [5.74, 6) is 0.536. The Labute approximate surface area is 121 Å². The molecule has 0 spiro atoms. The van der Waals surface area contributed by atoms with Crippen LogP contribution in [0.15, 0.2) is 30.5 Å². The molecule has 0 radical (unpaired) electrons. The largest absolute Gasteiger partial charge is 0.398 e. The number of rotatable bonds is 5. The number of likely N-dealkylation sites (N-methyl/N-ethyl adjacent to an activating group) is 1. The fourth-order valence-corrected chi connectivity index (χ4v) is 2.33. The highest BCUT2D eigenvalue weighted by molar-refractivity contribution is 5.98. The standard InChI is InChI=1S/C16H24N4/c1-11(2)15(10-20(3)4)19-14-8-7-13(17)12-6-5-9-18-16(12)14/h5-9,11,15,19H,10,17H2,1-4H3. The highest BCUT2D eigenvalue weighted by Gasteiger charge is 2.16. The Morgan fingerprint density at radius 2 is 2.00 bits per heavy atom. The van der Waals surface area contributed by atoms with Crippen molar-refractivity contribution in [3.8, 4) is 0 Å². The molecular formula is C16H24N4. The van der Waals surface area contributed by atoms with Gasteiger partial charge in [-0.05, 0) is 44.3 Å². The molecule has 0 aliphatic heterocycles. The third-order valence-corrected chi connectivity index (χ3v) is 3.51. The number of hydrogen-bond donors (Lipinski definition) is 2. The Bertz CT molecular complexity index is 578. The molecule has 108 valence electrons. The number of benzene rings is 1. The van der Waals surface area contributed by atoms with Gasteiger partial charge in [0.25, 0.3) is 0 Å². The van der Waals surface area contributed by atoms with E-state index in [1.54, 1.807) is 0 Å². The van der Waals surface area contributed by atoms with E-state index in [1.807, 2.05) is 30.5 Å². The van der Waals surface area contributed by atoms with Gasteiger partial charge >= 0.3 is 0 Å². The predicted molar refractivity (Wildman–Crippen MR) is 87.0 cm³/mol. The van der Waals surface area contributed by atoms with Crippen LogP contribution in [0.4, 0.5) is 11.4 Å². The second-order valence-corrected chi connectivity index (χ2v) is 5.86. The minimum Gasteiger partial charge on any atom is -0.398 e. The maximum absolute atomic E-state index is 6.02. The lowest BCUT2D eigenvalue weighted by Crippen LogP contribution is -2.36. The van der Waals surface area contributed by atoms with Crippen LogP contribution in [0.2, 0.25) is 0 Å². The average Bonchev–Trinajstić information content (AvgIpc) is 2.40. The van der Waals surface area contributed by atoms with Crippen LogP contribution in [0.1, 0.15) is 13.8 Å². The van der Waals surface area contributed by atoms with Crippen LogP contribution in [0, 0.1) is 5.92 Å². The molecule has 1 aromatic carbocycles. The van der Waals surface area contributed by atoms with Crippen LogP contribution in [-0.2, 0) is 0 Å². The van der Waals surface area contributed by atoms with Crippen molar-refractivity contribution >= 4 is 22.3 Å². The molecule has 0 saturated carbocycles. The second-order valence-electron chi connectivity index (χ2n) is 5.86. The summed E-state index contributed by atoms with van der Waals surface area (Å²) < 4.78 is 0. The summed E-state index contributed by atoms with van der Waals surface area (Å²) in [5, 5.41) is 4.62. The van der Waals surface area contributed by atoms with Crippen LogP contribution < -0.4 is 11.1 Å². The Morgan fingerprint density at radius 3 is 2.65 bits per heavy atom. The van der Waals surface area contributed by atoms with Crippen molar-refractivity contribution in [3.05, 3.63) is 30.5 Å². The minimum absolute atomic E-state index is 0.374. The van der Waals surface area contributed by atoms with Crippen LogP contribution in [0.25, 0.3) is 10.9 Å². The summed E-state index contributed by atoms with van der Waals surface area (Å²) >= 11 is 0. The molecule has 3 N–H and O–H groups in total. The zero-order valence-electron chi connectivity index (χ0n) is 12.7. The lowest BCUT2D eigenvalue weighted by Gasteiger charge is -2.27. The maximum atomic E-state index is 6.02. The molecule has 4 nitrogen and oxygen atoms in total. The molecule has 0 amide bonds. The number of nitrogen functional groups attached to an aromatic ring is 1. The van der Waals surface area contributed by atoms with Gasteiger partial charge in [0.15, 0.2) is 0 Å². The fraction of sp³-hybridized carbons (Fsp3) is 0.438. The summed E-state index contributed by atoms with van der Waals surface area (Å²) in [5.41, 5.74) is 8.78. The summed E-state index contributed by atoms with van der Waals surface area (Å²) in [6.45, 7) is 5.44. The first-order valence-electron chi connectivity index (χ1n) is 7.03. The molecule has 0 aliphatic carbocycles. The first-order chi connectivity index (χ1) is 9.49. The third-order valence-electron chi connectivity index (χ3n) is 3.51. The Hall–Kier alpha value is -1.81. The van der Waals surface area contributed by atoms with E-state index < -0.39 is 0 Å². The predicted octanol–water partition coefficient (Wildman–Crippen LogP) is 2.82. The van der Waals surface area contributed by atoms with E-state index in [9.17, 15) is 0 Å². The van der Waals surface area contributed by atoms with E-state index in [0.29, 0.717) is 12.0 Å². The zero-order valence-corrected chi connectivity index (χ0v) is 12.7. The van der Waals surface area contributed by atoms with Gasteiger partial charge in [-0.2, -0.15) is 0 Å². The number of fused-ring (bicyclic) bond motifs is 1. The van der Waals surface area contributed by atoms with Gasteiger partial charge in [0, 0.05) is 29.9 Å². The quantitative estimate of drug-likeness (QED) is 0.822. The van der Waals surface area contributed by atoms with Gasteiger partial charge in [-0.15, -0.1) is 0 Å². The number of pyridine rings is 1. The highest BCUT2D eigenvalue weighted by atomic mass is 15.1. The summed E-state index contributed by atoms with van der Waals surface area (Å²) in [4.78, 5) is 6.68. The number of hydrogen-bond acceptors (Lipinski definition) is 4. The Balaban J connectivity index is 2.35. The third kappa shape index (κ3) is 3.20. The van der Waals surface area contributed by atoms with Gasteiger partial charge in [-0.1, -0.05) is 13.8 Å². The molecule has 4 heteroatoms. The Kier molecular flexibility index (Phi) is 4.45. The number of anilines is 2. The molecular weight excluding hydrogens is 248 g/mol. The van der Waals surface area contributed by atoms with Crippen molar-refractivity contribution in [1.82, 2.24) is 9.88 Å². The molecule has 20 heavy (non-hydrogen) atoms. The molecule has 1 heterocycles. The summed E-state index contributed by atoms with van der Waals surface area (Å²) in [6, 6.07) is 8.27. The zero-order chi connectivity index (χ0) is 14.7. The van der Waals surface area contributed by atoms with Gasteiger partial charge in [-0.3, -0.25) is 4.98 Å². The van der Waals surface area contributed by atoms with E-state index in [4.69, 9.17) is 5.73 Å². The first kappa shape index (κ1) is 14.6. The van der Waals surface area contributed by atoms with Gasteiger partial charge in [0.2, 0.25) is 0 Å².